The van der Waals surface area contributed by atoms with E-state index in [1.807, 2.05) is 28.8 Å². The zero-order valence-corrected chi connectivity index (χ0v) is 12.5. The van der Waals surface area contributed by atoms with E-state index in [9.17, 15) is 9.90 Å². The lowest BCUT2D eigenvalue weighted by Gasteiger charge is -2.07. The molecule has 1 heterocycles. The van der Waals surface area contributed by atoms with E-state index in [2.05, 4.69) is 4.98 Å². The molecule has 21 heavy (non-hydrogen) atoms. The lowest BCUT2D eigenvalue weighted by molar-refractivity contribution is -0.115. The van der Waals surface area contributed by atoms with Gasteiger partial charge in [0.1, 0.15) is 5.75 Å². The Bertz CT molecular complexity index is 610. The van der Waals surface area contributed by atoms with Crippen molar-refractivity contribution in [3.8, 4) is 5.75 Å². The van der Waals surface area contributed by atoms with Gasteiger partial charge in [0.15, 0.2) is 5.16 Å². The number of rotatable bonds is 7. The predicted molar refractivity (Wildman–Crippen MR) is 80.2 cm³/mol. The maximum atomic E-state index is 10.9. The fourth-order valence-corrected chi connectivity index (χ4v) is 2.56. The summed E-state index contributed by atoms with van der Waals surface area (Å²) in [5, 5.41) is 9.85. The van der Waals surface area contributed by atoms with Crippen molar-refractivity contribution >= 4 is 17.7 Å². The van der Waals surface area contributed by atoms with Crippen LogP contribution in [0.1, 0.15) is 11.3 Å². The molecule has 0 unspecified atom stereocenters. The molecule has 1 aromatic carbocycles. The number of primary amides is 1. The van der Waals surface area contributed by atoms with Crippen molar-refractivity contribution in [1.82, 2.24) is 9.55 Å². The molecule has 0 atom stereocenters. The zero-order chi connectivity index (χ0) is 15.2. The number of ether oxygens (including phenoxy) is 1. The molecule has 2 rings (SSSR count). The summed E-state index contributed by atoms with van der Waals surface area (Å²) < 4.78 is 7.01. The molecule has 3 N–H and O–H groups in total. The van der Waals surface area contributed by atoms with Crippen molar-refractivity contribution in [3.63, 3.8) is 0 Å². The highest BCUT2D eigenvalue weighted by molar-refractivity contribution is 7.99. The summed E-state index contributed by atoms with van der Waals surface area (Å²) in [7, 11) is 1.62. The van der Waals surface area contributed by atoms with Gasteiger partial charge in [-0.15, -0.1) is 0 Å². The summed E-state index contributed by atoms with van der Waals surface area (Å²) in [5.74, 6) is 0.554. The minimum atomic E-state index is -0.399. The highest BCUT2D eigenvalue weighted by Gasteiger charge is 2.10. The fourth-order valence-electron chi connectivity index (χ4n) is 1.82. The topological polar surface area (TPSA) is 90.4 Å². The molecule has 1 aromatic heterocycles. The number of aromatic nitrogens is 2. The van der Waals surface area contributed by atoms with Gasteiger partial charge < -0.3 is 20.1 Å². The number of thioether (sulfide) groups is 1. The molecular formula is C14H17N3O3S. The summed E-state index contributed by atoms with van der Waals surface area (Å²) in [5.41, 5.74) is 6.79. The van der Waals surface area contributed by atoms with Crippen LogP contribution in [0.5, 0.6) is 5.75 Å². The maximum absolute atomic E-state index is 10.9. The van der Waals surface area contributed by atoms with Crippen LogP contribution >= 0.6 is 11.8 Å². The third-order valence-corrected chi connectivity index (χ3v) is 3.82. The van der Waals surface area contributed by atoms with E-state index in [-0.39, 0.29) is 12.4 Å². The summed E-state index contributed by atoms with van der Waals surface area (Å²) in [4.78, 5) is 15.2. The van der Waals surface area contributed by atoms with Crippen LogP contribution in [-0.4, -0.2) is 33.4 Å². The van der Waals surface area contributed by atoms with Gasteiger partial charge in [-0.05, 0) is 17.7 Å². The van der Waals surface area contributed by atoms with Gasteiger partial charge in [-0.1, -0.05) is 23.9 Å². The van der Waals surface area contributed by atoms with Gasteiger partial charge in [0.2, 0.25) is 5.91 Å². The average molecular weight is 307 g/mol. The second-order valence-corrected chi connectivity index (χ2v) is 5.35. The van der Waals surface area contributed by atoms with Crippen LogP contribution in [0, 0.1) is 0 Å². The van der Waals surface area contributed by atoms with E-state index in [0.29, 0.717) is 17.4 Å². The highest BCUT2D eigenvalue weighted by atomic mass is 32.2. The first-order valence-corrected chi connectivity index (χ1v) is 7.32. The van der Waals surface area contributed by atoms with Crippen molar-refractivity contribution < 1.29 is 14.6 Å². The smallest absolute Gasteiger partial charge is 0.227 e. The Morgan fingerprint density at radius 2 is 2.14 bits per heavy atom. The monoisotopic (exact) mass is 307 g/mol. The average Bonchev–Trinajstić information content (AvgIpc) is 2.88. The summed E-state index contributed by atoms with van der Waals surface area (Å²) in [6, 6.07) is 7.69. The predicted octanol–water partition coefficient (Wildman–Crippen LogP) is 1.01. The minimum Gasteiger partial charge on any atom is -0.497 e. The number of methoxy groups -OCH3 is 1. The van der Waals surface area contributed by atoms with Crippen LogP contribution < -0.4 is 10.5 Å². The molecule has 6 nitrogen and oxygen atoms in total. The van der Waals surface area contributed by atoms with Gasteiger partial charge in [0, 0.05) is 12.7 Å². The third-order valence-electron chi connectivity index (χ3n) is 2.81. The summed E-state index contributed by atoms with van der Waals surface area (Å²) in [6.45, 7) is 0.456. The van der Waals surface area contributed by atoms with E-state index in [0.717, 1.165) is 11.3 Å². The number of nitrogens with zero attached hydrogens (tertiary/aromatic N) is 2. The van der Waals surface area contributed by atoms with Gasteiger partial charge in [-0.2, -0.15) is 0 Å². The lowest BCUT2D eigenvalue weighted by atomic mass is 10.2. The van der Waals surface area contributed by atoms with Gasteiger partial charge in [0.25, 0.3) is 0 Å². The number of hydrogen-bond acceptors (Lipinski definition) is 5. The number of carbonyl (C=O) groups is 1. The quantitative estimate of drug-likeness (QED) is 0.745. The lowest BCUT2D eigenvalue weighted by Crippen LogP contribution is -2.13. The van der Waals surface area contributed by atoms with Crippen LogP contribution in [0.25, 0.3) is 0 Å². The van der Waals surface area contributed by atoms with E-state index < -0.39 is 5.91 Å². The molecule has 0 radical (unpaired) electrons. The van der Waals surface area contributed by atoms with Crippen molar-refractivity contribution in [2.24, 2.45) is 5.73 Å². The molecule has 0 saturated carbocycles. The Hall–Kier alpha value is -1.99. The van der Waals surface area contributed by atoms with Gasteiger partial charge in [-0.3, -0.25) is 4.79 Å². The Balaban J connectivity index is 2.16. The van der Waals surface area contributed by atoms with E-state index in [1.165, 1.54) is 11.8 Å². The highest BCUT2D eigenvalue weighted by Crippen LogP contribution is 2.20. The number of carbonyl (C=O) groups excluding carboxylic acids is 1. The molecule has 7 heteroatoms. The fraction of sp³-hybridized carbons (Fsp3) is 0.286. The molecule has 112 valence electrons. The van der Waals surface area contributed by atoms with E-state index in [4.69, 9.17) is 10.5 Å². The molecule has 0 spiro atoms. The SMILES string of the molecule is COc1ccc(Cn2cc(CO)nc2SCC(N)=O)cc1. The first kappa shape index (κ1) is 15.4. The Morgan fingerprint density at radius 3 is 2.71 bits per heavy atom. The van der Waals surface area contributed by atoms with E-state index >= 15 is 0 Å². The Labute approximate surface area is 126 Å². The van der Waals surface area contributed by atoms with Crippen LogP contribution in [0.2, 0.25) is 0 Å². The van der Waals surface area contributed by atoms with Crippen molar-refractivity contribution in [2.75, 3.05) is 12.9 Å². The number of benzene rings is 1. The van der Waals surface area contributed by atoms with E-state index in [1.54, 1.807) is 13.3 Å². The maximum Gasteiger partial charge on any atom is 0.227 e. The van der Waals surface area contributed by atoms with Crippen LogP contribution in [0.15, 0.2) is 35.6 Å². The molecule has 0 bridgehead atoms. The molecule has 0 saturated heterocycles. The first-order valence-electron chi connectivity index (χ1n) is 6.33. The summed E-state index contributed by atoms with van der Waals surface area (Å²) >= 11 is 1.26. The minimum absolute atomic E-state index is 0.139. The van der Waals surface area contributed by atoms with Crippen molar-refractivity contribution in [2.45, 2.75) is 18.3 Å². The second kappa shape index (κ2) is 7.14. The van der Waals surface area contributed by atoms with Crippen LogP contribution in [0.4, 0.5) is 0 Å². The van der Waals surface area contributed by atoms with Gasteiger partial charge in [0.05, 0.1) is 25.2 Å². The van der Waals surface area contributed by atoms with Gasteiger partial charge >= 0.3 is 0 Å². The summed E-state index contributed by atoms with van der Waals surface area (Å²) in [6.07, 6.45) is 1.77. The molecule has 1 amide bonds. The normalized spacial score (nSPS) is 10.6. The molecule has 0 aliphatic heterocycles. The number of amides is 1. The zero-order valence-electron chi connectivity index (χ0n) is 11.7. The Kier molecular flexibility index (Phi) is 5.24. The number of hydrogen-bond donors (Lipinski definition) is 2. The molecule has 2 aromatic rings. The first-order chi connectivity index (χ1) is 10.1. The number of imidazole rings is 1. The van der Waals surface area contributed by atoms with Crippen molar-refractivity contribution in [3.05, 3.63) is 41.7 Å². The largest absolute Gasteiger partial charge is 0.497 e. The molecule has 0 aliphatic rings. The number of aliphatic hydroxyl groups is 1. The standard InChI is InChI=1S/C14H17N3O3S/c1-20-12-4-2-10(3-5-12)6-17-7-11(8-18)16-14(17)21-9-13(15)19/h2-5,7,18H,6,8-9H2,1H3,(H2,15,19). The third kappa shape index (κ3) is 4.24. The van der Waals surface area contributed by atoms with Crippen LogP contribution in [0.3, 0.4) is 0 Å². The second-order valence-electron chi connectivity index (χ2n) is 4.40. The molecule has 0 aliphatic carbocycles. The molecule has 0 fully saturated rings. The Morgan fingerprint density at radius 1 is 1.43 bits per heavy atom. The molecular weight excluding hydrogens is 290 g/mol. The van der Waals surface area contributed by atoms with Crippen LogP contribution in [-0.2, 0) is 17.9 Å². The van der Waals surface area contributed by atoms with Gasteiger partial charge in [-0.25, -0.2) is 4.98 Å². The number of aliphatic hydroxyl groups excluding tert-OH is 1. The van der Waals surface area contributed by atoms with Crippen molar-refractivity contribution in [1.29, 1.82) is 0 Å². The number of nitrogens with two attached hydrogens (primary N) is 1.